The van der Waals surface area contributed by atoms with E-state index in [1.165, 1.54) is 12.8 Å². The fourth-order valence-electron chi connectivity index (χ4n) is 3.78. The second kappa shape index (κ2) is 5.43. The molecule has 2 aromatic rings. The average Bonchev–Trinajstić information content (AvgIpc) is 3.48. The maximum absolute atomic E-state index is 13.0. The number of nitrogens with zero attached hydrogens (tertiary/aromatic N) is 5. The van der Waals surface area contributed by atoms with E-state index in [9.17, 15) is 4.79 Å². The van der Waals surface area contributed by atoms with Gasteiger partial charge in [-0.2, -0.15) is 5.10 Å². The Labute approximate surface area is 140 Å². The molecule has 2 aromatic heterocycles. The van der Waals surface area contributed by atoms with Gasteiger partial charge in [-0.15, -0.1) is 5.10 Å². The zero-order chi connectivity index (χ0) is 16.1. The van der Waals surface area contributed by atoms with Crippen LogP contribution in [-0.2, 0) is 6.54 Å². The molecule has 2 aliphatic carbocycles. The lowest BCUT2D eigenvalue weighted by molar-refractivity contribution is 0.0720. The largest absolute Gasteiger partial charge is 0.334 e. The predicted molar refractivity (Wildman–Crippen MR) is 86.6 cm³/mol. The van der Waals surface area contributed by atoms with Crippen molar-refractivity contribution in [3.63, 3.8) is 0 Å². The van der Waals surface area contributed by atoms with Crippen LogP contribution in [0, 0.1) is 0 Å². The predicted octanol–water partition coefficient (Wildman–Crippen LogP) is 2.06. The minimum atomic E-state index is 0.121. The molecular weight excluding hydrogens is 304 g/mol. The van der Waals surface area contributed by atoms with Crippen LogP contribution in [0.4, 0.5) is 0 Å². The number of hydrogen-bond acceptors (Lipinski definition) is 4. The number of amides is 1. The summed E-state index contributed by atoms with van der Waals surface area (Å²) in [5.74, 6) is 1.24. The Morgan fingerprint density at radius 3 is 2.83 bits per heavy atom. The van der Waals surface area contributed by atoms with Crippen molar-refractivity contribution in [3.8, 4) is 0 Å². The summed E-state index contributed by atoms with van der Waals surface area (Å²) in [6, 6.07) is 0.202. The SMILES string of the molecule is O=C(c1cn[nH]c1C1CC1)N1CCC[C@H]1Cn1cc(C2CC2)nn1. The molecule has 0 bridgehead atoms. The van der Waals surface area contributed by atoms with Gasteiger partial charge in [-0.3, -0.25) is 14.6 Å². The summed E-state index contributed by atoms with van der Waals surface area (Å²) in [4.78, 5) is 15.0. The molecule has 2 saturated carbocycles. The molecule has 7 nitrogen and oxygen atoms in total. The molecule has 126 valence electrons. The molecule has 1 aliphatic heterocycles. The number of aromatic nitrogens is 5. The van der Waals surface area contributed by atoms with Gasteiger partial charge in [-0.25, -0.2) is 0 Å². The highest BCUT2D eigenvalue weighted by molar-refractivity contribution is 5.95. The third-order valence-corrected chi connectivity index (χ3v) is 5.47. The molecule has 0 aromatic carbocycles. The van der Waals surface area contributed by atoms with E-state index in [4.69, 9.17) is 0 Å². The van der Waals surface area contributed by atoms with Gasteiger partial charge < -0.3 is 4.90 Å². The number of carbonyl (C=O) groups is 1. The van der Waals surface area contributed by atoms with Gasteiger partial charge in [0.25, 0.3) is 5.91 Å². The van der Waals surface area contributed by atoms with Crippen molar-refractivity contribution in [1.29, 1.82) is 0 Å². The minimum absolute atomic E-state index is 0.121. The van der Waals surface area contributed by atoms with Gasteiger partial charge in [0.15, 0.2) is 0 Å². The topological polar surface area (TPSA) is 79.7 Å². The maximum Gasteiger partial charge on any atom is 0.257 e. The number of aromatic amines is 1. The van der Waals surface area contributed by atoms with Crippen LogP contribution < -0.4 is 0 Å². The van der Waals surface area contributed by atoms with Crippen molar-refractivity contribution in [2.75, 3.05) is 6.54 Å². The van der Waals surface area contributed by atoms with E-state index in [2.05, 4.69) is 26.7 Å². The summed E-state index contributed by atoms with van der Waals surface area (Å²) in [6.07, 6.45) is 10.6. The number of likely N-dealkylation sites (tertiary alicyclic amines) is 1. The zero-order valence-electron chi connectivity index (χ0n) is 13.7. The van der Waals surface area contributed by atoms with Gasteiger partial charge in [-0.1, -0.05) is 5.21 Å². The normalized spacial score (nSPS) is 23.8. The molecule has 3 heterocycles. The van der Waals surface area contributed by atoms with E-state index < -0.39 is 0 Å². The van der Waals surface area contributed by atoms with Crippen LogP contribution in [0.2, 0.25) is 0 Å². The smallest absolute Gasteiger partial charge is 0.257 e. The van der Waals surface area contributed by atoms with Gasteiger partial charge in [0.2, 0.25) is 0 Å². The highest BCUT2D eigenvalue weighted by atomic mass is 16.2. The number of hydrogen-bond donors (Lipinski definition) is 1. The first-order chi connectivity index (χ1) is 11.8. The van der Waals surface area contributed by atoms with Crippen LogP contribution in [0.5, 0.6) is 0 Å². The van der Waals surface area contributed by atoms with Crippen LogP contribution >= 0.6 is 0 Å². The Morgan fingerprint density at radius 1 is 1.21 bits per heavy atom. The Hall–Kier alpha value is -2.18. The molecule has 24 heavy (non-hydrogen) atoms. The summed E-state index contributed by atoms with van der Waals surface area (Å²) >= 11 is 0. The van der Waals surface area contributed by atoms with Crippen LogP contribution in [0.25, 0.3) is 0 Å². The third kappa shape index (κ3) is 2.52. The van der Waals surface area contributed by atoms with Gasteiger partial charge in [0, 0.05) is 24.6 Å². The first kappa shape index (κ1) is 14.2. The molecule has 1 atom stereocenters. The van der Waals surface area contributed by atoms with Crippen molar-refractivity contribution in [1.82, 2.24) is 30.1 Å². The van der Waals surface area contributed by atoms with E-state index in [1.54, 1.807) is 6.20 Å². The van der Waals surface area contributed by atoms with E-state index in [0.29, 0.717) is 11.8 Å². The van der Waals surface area contributed by atoms with Gasteiger partial charge >= 0.3 is 0 Å². The molecule has 1 saturated heterocycles. The molecular formula is C17H22N6O. The van der Waals surface area contributed by atoms with Crippen LogP contribution in [0.3, 0.4) is 0 Å². The Kier molecular flexibility index (Phi) is 3.21. The van der Waals surface area contributed by atoms with Gasteiger partial charge in [0.05, 0.1) is 35.7 Å². The van der Waals surface area contributed by atoms with Crippen LogP contribution in [-0.4, -0.2) is 48.6 Å². The molecule has 0 spiro atoms. The van der Waals surface area contributed by atoms with Crippen molar-refractivity contribution in [2.24, 2.45) is 0 Å². The average molecular weight is 326 g/mol. The summed E-state index contributed by atoms with van der Waals surface area (Å²) in [5, 5.41) is 15.7. The Morgan fingerprint density at radius 2 is 2.04 bits per heavy atom. The van der Waals surface area contributed by atoms with E-state index >= 15 is 0 Å². The standard InChI is InChI=1S/C17H22N6O/c24-17(14-8-18-20-16(14)12-5-6-12)23-7-1-2-13(23)9-22-10-15(19-21-22)11-3-4-11/h8,10-13H,1-7,9H2,(H,18,20)/t13-/m0/s1. The molecule has 3 aliphatic rings. The second-order valence-electron chi connectivity index (χ2n) is 7.41. The van der Waals surface area contributed by atoms with Gasteiger partial charge in [0.1, 0.15) is 0 Å². The van der Waals surface area contributed by atoms with E-state index in [0.717, 1.165) is 55.7 Å². The summed E-state index contributed by atoms with van der Waals surface area (Å²) in [7, 11) is 0. The lowest BCUT2D eigenvalue weighted by Crippen LogP contribution is -2.38. The van der Waals surface area contributed by atoms with Crippen LogP contribution in [0.1, 0.15) is 72.1 Å². The fraction of sp³-hybridized carbons (Fsp3) is 0.647. The highest BCUT2D eigenvalue weighted by Gasteiger charge is 2.35. The quantitative estimate of drug-likeness (QED) is 0.912. The number of carbonyl (C=O) groups excluding carboxylic acids is 1. The minimum Gasteiger partial charge on any atom is -0.334 e. The third-order valence-electron chi connectivity index (χ3n) is 5.47. The Bertz CT molecular complexity index is 757. The lowest BCUT2D eigenvalue weighted by Gasteiger charge is -2.24. The second-order valence-corrected chi connectivity index (χ2v) is 7.41. The van der Waals surface area contributed by atoms with Crippen molar-refractivity contribution < 1.29 is 4.79 Å². The first-order valence-corrected chi connectivity index (χ1v) is 9.04. The van der Waals surface area contributed by atoms with Gasteiger partial charge in [-0.05, 0) is 38.5 Å². The molecule has 5 rings (SSSR count). The molecule has 1 N–H and O–H groups in total. The molecule has 3 fully saturated rings. The summed E-state index contributed by atoms with van der Waals surface area (Å²) in [5.41, 5.74) is 2.90. The molecule has 0 unspecified atom stereocenters. The van der Waals surface area contributed by atoms with E-state index in [-0.39, 0.29) is 11.9 Å². The number of H-pyrrole nitrogens is 1. The summed E-state index contributed by atoms with van der Waals surface area (Å²) in [6.45, 7) is 1.56. The van der Waals surface area contributed by atoms with Crippen molar-refractivity contribution in [3.05, 3.63) is 29.3 Å². The van der Waals surface area contributed by atoms with E-state index in [1.807, 2.05) is 9.58 Å². The molecule has 1 amide bonds. The molecule has 7 heteroatoms. The first-order valence-electron chi connectivity index (χ1n) is 9.04. The van der Waals surface area contributed by atoms with Crippen LogP contribution in [0.15, 0.2) is 12.4 Å². The number of rotatable bonds is 5. The zero-order valence-corrected chi connectivity index (χ0v) is 13.7. The Balaban J connectivity index is 1.32. The monoisotopic (exact) mass is 326 g/mol. The van der Waals surface area contributed by atoms with Crippen molar-refractivity contribution >= 4 is 5.91 Å². The fourth-order valence-corrected chi connectivity index (χ4v) is 3.78. The summed E-state index contributed by atoms with van der Waals surface area (Å²) < 4.78 is 1.92. The maximum atomic E-state index is 13.0. The highest BCUT2D eigenvalue weighted by Crippen LogP contribution is 2.41. The van der Waals surface area contributed by atoms with Crippen molar-refractivity contribution in [2.45, 2.75) is 62.9 Å². The molecule has 0 radical (unpaired) electrons. The lowest BCUT2D eigenvalue weighted by atomic mass is 10.1. The number of nitrogens with one attached hydrogen (secondary N) is 1.